The Labute approximate surface area is 159 Å². The summed E-state index contributed by atoms with van der Waals surface area (Å²) in [6.07, 6.45) is 5.35. The van der Waals surface area contributed by atoms with Gasteiger partial charge in [-0.1, -0.05) is 37.1 Å². The van der Waals surface area contributed by atoms with Crippen molar-refractivity contribution in [3.8, 4) is 0 Å². The number of rotatable bonds is 7. The predicted molar refractivity (Wildman–Crippen MR) is 104 cm³/mol. The van der Waals surface area contributed by atoms with Crippen molar-refractivity contribution in [1.82, 2.24) is 15.2 Å². The lowest BCUT2D eigenvalue weighted by Gasteiger charge is -2.19. The van der Waals surface area contributed by atoms with Gasteiger partial charge in [0.15, 0.2) is 0 Å². The molecule has 0 bridgehead atoms. The summed E-state index contributed by atoms with van der Waals surface area (Å²) in [7, 11) is 1.62. The molecule has 1 saturated heterocycles. The Hall–Kier alpha value is -1.76. The molecule has 26 heavy (non-hydrogen) atoms. The maximum Gasteiger partial charge on any atom is 0.271 e. The van der Waals surface area contributed by atoms with Gasteiger partial charge in [0.2, 0.25) is 0 Å². The monoisotopic (exact) mass is 373 g/mol. The Kier molecular flexibility index (Phi) is 7.17. The van der Waals surface area contributed by atoms with E-state index in [1.165, 1.54) is 55.7 Å². The summed E-state index contributed by atoms with van der Waals surface area (Å²) in [5, 5.41) is 5.52. The molecule has 1 aliphatic rings. The number of nitrogens with zero attached hydrogens (tertiary/aromatic N) is 2. The molecule has 1 aliphatic heterocycles. The summed E-state index contributed by atoms with van der Waals surface area (Å²) in [4.78, 5) is 19.0. The van der Waals surface area contributed by atoms with Gasteiger partial charge >= 0.3 is 0 Å². The topological polar surface area (TPSA) is 54.5 Å². The summed E-state index contributed by atoms with van der Waals surface area (Å²) in [5.74, 6) is -0.141. The Morgan fingerprint density at radius 3 is 2.54 bits per heavy atom. The number of benzene rings is 1. The van der Waals surface area contributed by atoms with Gasteiger partial charge in [0, 0.05) is 25.6 Å². The van der Waals surface area contributed by atoms with Crippen molar-refractivity contribution in [3.63, 3.8) is 0 Å². The second kappa shape index (κ2) is 9.80. The maximum absolute atomic E-state index is 12.2. The second-order valence-electron chi connectivity index (χ2n) is 6.75. The normalized spacial score (nSPS) is 15.6. The van der Waals surface area contributed by atoms with Crippen molar-refractivity contribution >= 4 is 17.2 Å². The number of ether oxygens (including phenoxy) is 1. The van der Waals surface area contributed by atoms with Gasteiger partial charge in [-0.3, -0.25) is 9.69 Å². The van der Waals surface area contributed by atoms with Crippen LogP contribution in [0.4, 0.5) is 0 Å². The van der Waals surface area contributed by atoms with Crippen molar-refractivity contribution in [2.75, 3.05) is 20.2 Å². The van der Waals surface area contributed by atoms with Crippen LogP contribution in [0.2, 0.25) is 0 Å². The molecule has 0 unspecified atom stereocenters. The molecular formula is C20H27N3O2S. The Morgan fingerprint density at radius 2 is 1.85 bits per heavy atom. The third-order valence-electron chi connectivity index (χ3n) is 4.63. The SMILES string of the molecule is COCc1nc(C(=O)NCc2ccc(CN3CCCCCC3)cc2)cs1. The molecule has 5 nitrogen and oxygen atoms in total. The van der Waals surface area contributed by atoms with Gasteiger partial charge in [-0.15, -0.1) is 11.3 Å². The molecule has 1 fully saturated rings. The highest BCUT2D eigenvalue weighted by Crippen LogP contribution is 2.14. The predicted octanol–water partition coefficient (Wildman–Crippen LogP) is 3.60. The Morgan fingerprint density at radius 1 is 1.15 bits per heavy atom. The van der Waals surface area contributed by atoms with Crippen molar-refractivity contribution < 1.29 is 9.53 Å². The zero-order chi connectivity index (χ0) is 18.2. The molecule has 1 amide bonds. The quantitative estimate of drug-likeness (QED) is 0.806. The van der Waals surface area contributed by atoms with E-state index in [-0.39, 0.29) is 5.91 Å². The van der Waals surface area contributed by atoms with Gasteiger partial charge in [0.1, 0.15) is 10.7 Å². The van der Waals surface area contributed by atoms with Crippen molar-refractivity contribution in [2.24, 2.45) is 0 Å². The largest absolute Gasteiger partial charge is 0.378 e. The van der Waals surface area contributed by atoms with E-state index in [1.54, 1.807) is 12.5 Å². The fraction of sp³-hybridized carbons (Fsp3) is 0.500. The molecule has 2 aromatic rings. The first-order valence-electron chi connectivity index (χ1n) is 9.26. The van der Waals surface area contributed by atoms with E-state index in [0.29, 0.717) is 18.8 Å². The molecule has 0 spiro atoms. The summed E-state index contributed by atoms with van der Waals surface area (Å²) < 4.78 is 5.04. The van der Waals surface area contributed by atoms with Crippen LogP contribution in [0.3, 0.4) is 0 Å². The fourth-order valence-corrected chi connectivity index (χ4v) is 3.94. The number of aromatic nitrogens is 1. The number of likely N-dealkylation sites (tertiary alicyclic amines) is 1. The van der Waals surface area contributed by atoms with E-state index in [9.17, 15) is 4.79 Å². The van der Waals surface area contributed by atoms with Crippen LogP contribution in [0.5, 0.6) is 0 Å². The van der Waals surface area contributed by atoms with Gasteiger partial charge in [-0.05, 0) is 37.1 Å². The third kappa shape index (κ3) is 5.62. The van der Waals surface area contributed by atoms with Crippen LogP contribution in [0, 0.1) is 0 Å². The number of carbonyl (C=O) groups is 1. The van der Waals surface area contributed by atoms with E-state index in [2.05, 4.69) is 39.5 Å². The first kappa shape index (κ1) is 19.0. The van der Waals surface area contributed by atoms with Crippen LogP contribution in [0.25, 0.3) is 0 Å². The molecule has 0 radical (unpaired) electrons. The van der Waals surface area contributed by atoms with E-state index in [0.717, 1.165) is 17.1 Å². The lowest BCUT2D eigenvalue weighted by atomic mass is 10.1. The van der Waals surface area contributed by atoms with Gasteiger partial charge in [0.05, 0.1) is 6.61 Å². The van der Waals surface area contributed by atoms with E-state index in [4.69, 9.17) is 4.74 Å². The van der Waals surface area contributed by atoms with Crippen LogP contribution in [0.15, 0.2) is 29.6 Å². The number of hydrogen-bond acceptors (Lipinski definition) is 5. The lowest BCUT2D eigenvalue weighted by molar-refractivity contribution is 0.0946. The number of methoxy groups -OCH3 is 1. The van der Waals surface area contributed by atoms with Gasteiger partial charge in [-0.2, -0.15) is 0 Å². The smallest absolute Gasteiger partial charge is 0.271 e. The van der Waals surface area contributed by atoms with Gasteiger partial charge in [-0.25, -0.2) is 4.98 Å². The summed E-state index contributed by atoms with van der Waals surface area (Å²) in [5.41, 5.74) is 2.90. The number of thiazole rings is 1. The summed E-state index contributed by atoms with van der Waals surface area (Å²) in [6.45, 7) is 4.39. The van der Waals surface area contributed by atoms with Crippen LogP contribution >= 0.6 is 11.3 Å². The van der Waals surface area contributed by atoms with Crippen LogP contribution in [-0.4, -0.2) is 36.0 Å². The first-order chi connectivity index (χ1) is 12.7. The molecule has 0 saturated carbocycles. The molecule has 140 valence electrons. The molecular weight excluding hydrogens is 346 g/mol. The average molecular weight is 374 g/mol. The molecule has 0 atom stereocenters. The minimum atomic E-state index is -0.141. The van der Waals surface area contributed by atoms with E-state index in [1.807, 2.05) is 0 Å². The molecule has 0 aliphatic carbocycles. The van der Waals surface area contributed by atoms with Gasteiger partial charge in [0.25, 0.3) is 5.91 Å². The highest BCUT2D eigenvalue weighted by molar-refractivity contribution is 7.09. The van der Waals surface area contributed by atoms with E-state index >= 15 is 0 Å². The summed E-state index contributed by atoms with van der Waals surface area (Å²) >= 11 is 1.44. The molecule has 6 heteroatoms. The third-order valence-corrected chi connectivity index (χ3v) is 5.46. The molecule has 3 rings (SSSR count). The molecule has 1 aromatic heterocycles. The Balaban J connectivity index is 1.48. The first-order valence-corrected chi connectivity index (χ1v) is 10.1. The maximum atomic E-state index is 12.2. The van der Waals surface area contributed by atoms with Crippen molar-refractivity contribution in [3.05, 3.63) is 51.5 Å². The summed E-state index contributed by atoms with van der Waals surface area (Å²) in [6, 6.07) is 8.55. The zero-order valence-corrected chi connectivity index (χ0v) is 16.2. The Bertz CT molecular complexity index is 691. The molecule has 2 heterocycles. The second-order valence-corrected chi connectivity index (χ2v) is 7.69. The highest BCUT2D eigenvalue weighted by Gasteiger charge is 2.11. The van der Waals surface area contributed by atoms with Gasteiger partial charge < -0.3 is 10.1 Å². The lowest BCUT2D eigenvalue weighted by Crippen LogP contribution is -2.24. The number of nitrogens with one attached hydrogen (secondary N) is 1. The molecule has 1 aromatic carbocycles. The zero-order valence-electron chi connectivity index (χ0n) is 15.4. The molecule has 1 N–H and O–H groups in total. The van der Waals surface area contributed by atoms with Crippen LogP contribution < -0.4 is 5.32 Å². The average Bonchev–Trinajstić information content (AvgIpc) is 2.97. The van der Waals surface area contributed by atoms with Crippen LogP contribution in [0.1, 0.15) is 52.3 Å². The number of carbonyl (C=O) groups excluding carboxylic acids is 1. The van der Waals surface area contributed by atoms with E-state index < -0.39 is 0 Å². The number of amides is 1. The highest BCUT2D eigenvalue weighted by atomic mass is 32.1. The minimum Gasteiger partial charge on any atom is -0.378 e. The fourth-order valence-electron chi connectivity index (χ4n) is 3.19. The van der Waals surface area contributed by atoms with Crippen molar-refractivity contribution in [2.45, 2.75) is 45.4 Å². The van der Waals surface area contributed by atoms with Crippen LogP contribution in [-0.2, 0) is 24.4 Å². The standard InChI is InChI=1S/C20H27N3O2S/c1-25-14-19-22-18(15-26-19)20(24)21-12-16-6-8-17(9-7-16)13-23-10-4-2-3-5-11-23/h6-9,15H,2-5,10-14H2,1H3,(H,21,24). The minimum absolute atomic E-state index is 0.141. The van der Waals surface area contributed by atoms with Crippen molar-refractivity contribution in [1.29, 1.82) is 0 Å². The number of hydrogen-bond donors (Lipinski definition) is 1.